The molecule has 0 amide bonds. The Bertz CT molecular complexity index is 161. The van der Waals surface area contributed by atoms with Crippen LogP contribution in [0.1, 0.15) is 13.8 Å². The number of methoxy groups -OCH3 is 1. The van der Waals surface area contributed by atoms with Gasteiger partial charge in [0.2, 0.25) is 0 Å². The molecule has 0 aromatic rings. The number of thioether (sulfide) groups is 1. The largest absolute Gasteiger partial charge is 0.391 e. The van der Waals surface area contributed by atoms with Crippen LogP contribution in [-0.2, 0) is 9.57 Å². The quantitative estimate of drug-likeness (QED) is 0.637. The van der Waals surface area contributed by atoms with Crippen LogP contribution in [0.25, 0.3) is 0 Å². The Morgan fingerprint density at radius 1 is 1.73 bits per heavy atom. The summed E-state index contributed by atoms with van der Waals surface area (Å²) in [7, 11) is 1.70. The molecule has 11 heavy (non-hydrogen) atoms. The number of ether oxygens (including phenoxy) is 1. The first kappa shape index (κ1) is 8.87. The van der Waals surface area contributed by atoms with E-state index in [0.717, 1.165) is 11.7 Å². The highest BCUT2D eigenvalue weighted by Gasteiger charge is 2.24. The maximum absolute atomic E-state index is 5.14. The van der Waals surface area contributed by atoms with Crippen LogP contribution in [0.5, 0.6) is 0 Å². The summed E-state index contributed by atoms with van der Waals surface area (Å²) in [6.07, 6.45) is 0.156. The molecule has 1 heterocycles. The highest BCUT2D eigenvalue weighted by atomic mass is 32.2. The molecule has 4 heteroatoms. The van der Waals surface area contributed by atoms with Crippen LogP contribution in [-0.4, -0.2) is 30.1 Å². The van der Waals surface area contributed by atoms with E-state index in [0.29, 0.717) is 5.25 Å². The van der Waals surface area contributed by atoms with E-state index < -0.39 is 0 Å². The van der Waals surface area contributed by atoms with E-state index in [1.54, 1.807) is 18.9 Å². The summed E-state index contributed by atoms with van der Waals surface area (Å²) in [5.74, 6) is 0. The van der Waals surface area contributed by atoms with E-state index in [2.05, 4.69) is 5.16 Å². The average molecular weight is 175 g/mol. The van der Waals surface area contributed by atoms with Crippen LogP contribution >= 0.6 is 11.8 Å². The minimum Gasteiger partial charge on any atom is -0.391 e. The molecule has 0 saturated carbocycles. The molecular formula is C7H13NO2S. The molecule has 0 aromatic heterocycles. The third-order valence-corrected chi connectivity index (χ3v) is 2.76. The summed E-state index contributed by atoms with van der Waals surface area (Å²) in [5.41, 5.74) is 0. The summed E-state index contributed by atoms with van der Waals surface area (Å²) in [6.45, 7) is 4.67. The molecule has 0 radical (unpaired) electrons. The topological polar surface area (TPSA) is 30.8 Å². The second-order valence-corrected chi connectivity index (χ2v) is 3.96. The van der Waals surface area contributed by atoms with E-state index >= 15 is 0 Å². The van der Waals surface area contributed by atoms with Crippen LogP contribution in [0, 0.1) is 0 Å². The maximum atomic E-state index is 5.14. The molecule has 0 aliphatic carbocycles. The van der Waals surface area contributed by atoms with E-state index in [-0.39, 0.29) is 6.10 Å². The van der Waals surface area contributed by atoms with Crippen molar-refractivity contribution < 1.29 is 9.57 Å². The van der Waals surface area contributed by atoms with Gasteiger partial charge in [0.1, 0.15) is 11.1 Å². The minimum atomic E-state index is 0.156. The van der Waals surface area contributed by atoms with E-state index in [1.807, 2.05) is 13.8 Å². The molecule has 0 saturated heterocycles. The Labute approximate surface area is 71.1 Å². The molecule has 2 atom stereocenters. The smallest absolute Gasteiger partial charge is 0.139 e. The third-order valence-electron chi connectivity index (χ3n) is 1.52. The lowest BCUT2D eigenvalue weighted by Gasteiger charge is -2.24. The van der Waals surface area contributed by atoms with Crippen LogP contribution < -0.4 is 0 Å². The molecule has 64 valence electrons. The second-order valence-electron chi connectivity index (χ2n) is 2.53. The van der Waals surface area contributed by atoms with Crippen LogP contribution in [0.2, 0.25) is 0 Å². The van der Waals surface area contributed by atoms with Gasteiger partial charge in [-0.05, 0) is 13.8 Å². The summed E-state index contributed by atoms with van der Waals surface area (Å²) in [4.78, 5) is 5.14. The van der Waals surface area contributed by atoms with Crippen LogP contribution in [0.4, 0.5) is 0 Å². The predicted octanol–water partition coefficient (Wildman–Crippen LogP) is 1.49. The van der Waals surface area contributed by atoms with Gasteiger partial charge in [-0.1, -0.05) is 16.9 Å². The van der Waals surface area contributed by atoms with Gasteiger partial charge in [0, 0.05) is 7.11 Å². The van der Waals surface area contributed by atoms with Crippen molar-refractivity contribution in [1.82, 2.24) is 0 Å². The van der Waals surface area contributed by atoms with Crippen LogP contribution in [0.3, 0.4) is 0 Å². The van der Waals surface area contributed by atoms with Gasteiger partial charge in [0.05, 0.1) is 11.9 Å². The molecule has 3 nitrogen and oxygen atoms in total. The maximum Gasteiger partial charge on any atom is 0.139 e. The standard InChI is InChI=1S/C7H13NO2S/c1-5-7(4-9-3)11-6(2)8-10-5/h5,7H,4H2,1-3H3. The molecule has 0 spiro atoms. The Kier molecular flexibility index (Phi) is 3.20. The average Bonchev–Trinajstić information content (AvgIpc) is 1.98. The second kappa shape index (κ2) is 3.97. The van der Waals surface area contributed by atoms with Crippen molar-refractivity contribution in [2.75, 3.05) is 13.7 Å². The van der Waals surface area contributed by atoms with E-state index in [9.17, 15) is 0 Å². The van der Waals surface area contributed by atoms with Crippen molar-refractivity contribution in [3.8, 4) is 0 Å². The number of rotatable bonds is 2. The van der Waals surface area contributed by atoms with Gasteiger partial charge in [-0.25, -0.2) is 0 Å². The van der Waals surface area contributed by atoms with Crippen molar-refractivity contribution in [3.05, 3.63) is 0 Å². The first-order valence-electron chi connectivity index (χ1n) is 3.60. The Morgan fingerprint density at radius 3 is 3.09 bits per heavy atom. The predicted molar refractivity (Wildman–Crippen MR) is 46.9 cm³/mol. The number of oxime groups is 1. The molecule has 1 aliphatic rings. The van der Waals surface area contributed by atoms with E-state index in [4.69, 9.17) is 9.57 Å². The van der Waals surface area contributed by atoms with Gasteiger partial charge in [-0.2, -0.15) is 0 Å². The Hall–Kier alpha value is -0.220. The van der Waals surface area contributed by atoms with Crippen LogP contribution in [0.15, 0.2) is 5.16 Å². The Balaban J connectivity index is 2.46. The van der Waals surface area contributed by atoms with Gasteiger partial charge in [0.25, 0.3) is 0 Å². The fraction of sp³-hybridized carbons (Fsp3) is 0.857. The zero-order valence-electron chi connectivity index (χ0n) is 7.03. The molecule has 1 aliphatic heterocycles. The molecule has 0 N–H and O–H groups in total. The summed E-state index contributed by atoms with van der Waals surface area (Å²) < 4.78 is 5.04. The SMILES string of the molecule is COCC1SC(C)=NOC1C. The molecule has 2 unspecified atom stereocenters. The summed E-state index contributed by atoms with van der Waals surface area (Å²) in [6, 6.07) is 0. The third kappa shape index (κ3) is 2.38. The highest BCUT2D eigenvalue weighted by molar-refractivity contribution is 8.14. The van der Waals surface area contributed by atoms with Gasteiger partial charge < -0.3 is 9.57 Å². The van der Waals surface area contributed by atoms with Crippen molar-refractivity contribution >= 4 is 16.8 Å². The van der Waals surface area contributed by atoms with Crippen molar-refractivity contribution in [1.29, 1.82) is 0 Å². The summed E-state index contributed by atoms with van der Waals surface area (Å²) in [5, 5.41) is 5.23. The molecule has 0 bridgehead atoms. The fourth-order valence-corrected chi connectivity index (χ4v) is 1.87. The lowest BCUT2D eigenvalue weighted by molar-refractivity contribution is 0.0483. The van der Waals surface area contributed by atoms with Crippen molar-refractivity contribution in [2.24, 2.45) is 5.16 Å². The molecule has 0 fully saturated rings. The first-order chi connectivity index (χ1) is 5.24. The van der Waals surface area contributed by atoms with Gasteiger partial charge in [-0.3, -0.25) is 0 Å². The monoisotopic (exact) mass is 175 g/mol. The van der Waals surface area contributed by atoms with Gasteiger partial charge in [-0.15, -0.1) is 0 Å². The van der Waals surface area contributed by atoms with E-state index in [1.165, 1.54) is 0 Å². The highest BCUT2D eigenvalue weighted by Crippen LogP contribution is 2.23. The minimum absolute atomic E-state index is 0.156. The first-order valence-corrected chi connectivity index (χ1v) is 4.48. The lowest BCUT2D eigenvalue weighted by atomic mass is 10.3. The lowest BCUT2D eigenvalue weighted by Crippen LogP contribution is -2.30. The van der Waals surface area contributed by atoms with Crippen molar-refractivity contribution in [2.45, 2.75) is 25.2 Å². The fourth-order valence-electron chi connectivity index (χ4n) is 0.895. The number of hydrogen-bond donors (Lipinski definition) is 0. The number of hydrogen-bond acceptors (Lipinski definition) is 4. The van der Waals surface area contributed by atoms with Gasteiger partial charge >= 0.3 is 0 Å². The number of nitrogens with zero attached hydrogens (tertiary/aromatic N) is 1. The molecule has 0 aromatic carbocycles. The molecule has 1 rings (SSSR count). The van der Waals surface area contributed by atoms with Gasteiger partial charge in [0.15, 0.2) is 0 Å². The normalized spacial score (nSPS) is 31.0. The summed E-state index contributed by atoms with van der Waals surface area (Å²) >= 11 is 1.72. The zero-order valence-corrected chi connectivity index (χ0v) is 7.85. The Morgan fingerprint density at radius 2 is 2.45 bits per heavy atom. The van der Waals surface area contributed by atoms with Crippen molar-refractivity contribution in [3.63, 3.8) is 0 Å². The molecular weight excluding hydrogens is 162 g/mol. The zero-order chi connectivity index (χ0) is 8.27.